The van der Waals surface area contributed by atoms with Gasteiger partial charge in [-0.1, -0.05) is 87.6 Å². The van der Waals surface area contributed by atoms with Crippen LogP contribution < -0.4 is 15.1 Å². The normalized spacial score (nSPS) is 18.6. The number of thiazole rings is 1. The van der Waals surface area contributed by atoms with E-state index >= 15 is 0 Å². The average Bonchev–Trinajstić information content (AvgIpc) is 3.51. The molecule has 3 amide bonds. The zero-order valence-corrected chi connectivity index (χ0v) is 28.1. The van der Waals surface area contributed by atoms with Crippen LogP contribution in [-0.4, -0.2) is 40.1 Å². The number of anilines is 2. The molecule has 12 heteroatoms. The molecule has 9 nitrogen and oxygen atoms in total. The Bertz CT molecular complexity index is 2140. The Morgan fingerprint density at radius 2 is 1.66 bits per heavy atom. The highest BCUT2D eigenvalue weighted by molar-refractivity contribution is 9.10. The Kier molecular flexibility index (Phi) is 8.33. The van der Waals surface area contributed by atoms with Gasteiger partial charge in [-0.15, -0.1) is 0 Å². The number of hydrogen-bond donors (Lipinski definition) is 1. The highest BCUT2D eigenvalue weighted by Crippen LogP contribution is 2.54. The summed E-state index contributed by atoms with van der Waals surface area (Å²) in [6.07, 6.45) is 0. The van der Waals surface area contributed by atoms with E-state index in [1.54, 1.807) is 19.1 Å². The molecule has 0 saturated carbocycles. The molecule has 1 fully saturated rings. The molecule has 0 unspecified atom stereocenters. The Labute approximate surface area is 285 Å². The molecule has 1 aromatic heterocycles. The number of esters is 1. The van der Waals surface area contributed by atoms with Crippen molar-refractivity contribution in [1.29, 1.82) is 0 Å². The van der Waals surface area contributed by atoms with E-state index in [2.05, 4.69) is 21.2 Å². The first-order chi connectivity index (χ1) is 22.7. The molecule has 3 heterocycles. The standard InChI is InChI=1S/C35H26BrN3O6S2/c1-2-45-34(43)20-13-15-23(16-14-20)39-31(41)28-27(21-9-5-10-22(36)17-21)30-33(46-29(28)32(39)42)38(35(44)47-30)18-26(40)37-25-12-6-8-19-7-3-4-11-24(19)25/h3-17,27-29H,2,18H2,1H3,(H,37,40)/t27-,28-,29+/m0/s1. The number of fused-ring (bicyclic) bond motifs is 3. The number of halogens is 1. The maximum absolute atomic E-state index is 14.2. The van der Waals surface area contributed by atoms with E-state index in [1.807, 2.05) is 66.7 Å². The first kappa shape index (κ1) is 31.1. The summed E-state index contributed by atoms with van der Waals surface area (Å²) >= 11 is 5.67. The van der Waals surface area contributed by atoms with Crippen LogP contribution >= 0.6 is 39.0 Å². The summed E-state index contributed by atoms with van der Waals surface area (Å²) < 4.78 is 7.26. The van der Waals surface area contributed by atoms with Gasteiger partial charge in [0.1, 0.15) is 11.8 Å². The number of rotatable bonds is 7. The highest BCUT2D eigenvalue weighted by Gasteiger charge is 2.56. The van der Waals surface area contributed by atoms with Crippen molar-refractivity contribution in [2.75, 3.05) is 16.8 Å². The monoisotopic (exact) mass is 727 g/mol. The molecule has 2 aliphatic heterocycles. The van der Waals surface area contributed by atoms with Crippen LogP contribution in [0, 0.1) is 5.92 Å². The van der Waals surface area contributed by atoms with Crippen molar-refractivity contribution in [3.8, 4) is 0 Å². The van der Waals surface area contributed by atoms with Crippen molar-refractivity contribution in [2.24, 2.45) is 5.92 Å². The second-order valence-corrected chi connectivity index (χ2v) is 14.1. The van der Waals surface area contributed by atoms with Gasteiger partial charge in [0, 0.05) is 26.3 Å². The van der Waals surface area contributed by atoms with Gasteiger partial charge in [-0.05, 0) is 60.3 Å². The van der Waals surface area contributed by atoms with Crippen LogP contribution in [0.15, 0.2) is 105 Å². The number of aromatic nitrogens is 1. The van der Waals surface area contributed by atoms with Crippen molar-refractivity contribution in [3.63, 3.8) is 0 Å². The lowest BCUT2D eigenvalue weighted by molar-refractivity contribution is -0.122. The van der Waals surface area contributed by atoms with E-state index < -0.39 is 34.9 Å². The number of carbonyl (C=O) groups excluding carboxylic acids is 4. The van der Waals surface area contributed by atoms with E-state index in [0.717, 1.165) is 48.8 Å². The highest BCUT2D eigenvalue weighted by atomic mass is 79.9. The van der Waals surface area contributed by atoms with Crippen LogP contribution in [0.5, 0.6) is 0 Å². The Morgan fingerprint density at radius 3 is 2.43 bits per heavy atom. The maximum atomic E-state index is 14.2. The summed E-state index contributed by atoms with van der Waals surface area (Å²) in [5.41, 5.74) is 2.05. The second-order valence-electron chi connectivity index (χ2n) is 11.1. The minimum atomic E-state index is -0.843. The predicted octanol–water partition coefficient (Wildman–Crippen LogP) is 6.44. The largest absolute Gasteiger partial charge is 0.462 e. The van der Waals surface area contributed by atoms with Crippen molar-refractivity contribution < 1.29 is 23.9 Å². The van der Waals surface area contributed by atoms with Gasteiger partial charge in [-0.2, -0.15) is 0 Å². The average molecular weight is 729 g/mol. The molecule has 1 saturated heterocycles. The number of imide groups is 1. The van der Waals surface area contributed by atoms with Gasteiger partial charge < -0.3 is 10.1 Å². The van der Waals surface area contributed by atoms with Crippen molar-refractivity contribution in [1.82, 2.24) is 4.57 Å². The van der Waals surface area contributed by atoms with Gasteiger partial charge in [0.15, 0.2) is 0 Å². The van der Waals surface area contributed by atoms with Crippen LogP contribution in [0.2, 0.25) is 0 Å². The van der Waals surface area contributed by atoms with Crippen LogP contribution in [0.3, 0.4) is 0 Å². The third kappa shape index (κ3) is 5.60. The summed E-state index contributed by atoms with van der Waals surface area (Å²) in [4.78, 5) is 68.8. The van der Waals surface area contributed by atoms with E-state index in [9.17, 15) is 24.0 Å². The lowest BCUT2D eigenvalue weighted by Crippen LogP contribution is -2.33. The van der Waals surface area contributed by atoms with Crippen molar-refractivity contribution in [3.05, 3.63) is 121 Å². The first-order valence-electron chi connectivity index (χ1n) is 14.8. The van der Waals surface area contributed by atoms with E-state index in [4.69, 9.17) is 4.74 Å². The molecule has 0 spiro atoms. The smallest absolute Gasteiger partial charge is 0.338 e. The Balaban J connectivity index is 1.25. The summed E-state index contributed by atoms with van der Waals surface area (Å²) in [7, 11) is 0. The van der Waals surface area contributed by atoms with Crippen LogP contribution in [0.4, 0.5) is 11.4 Å². The third-order valence-corrected chi connectivity index (χ3v) is 11.4. The molecular formula is C35H26BrN3O6S2. The number of hydrogen-bond acceptors (Lipinski definition) is 8. The van der Waals surface area contributed by atoms with Crippen LogP contribution in [0.1, 0.15) is 33.6 Å². The van der Waals surface area contributed by atoms with Gasteiger partial charge in [0.25, 0.3) is 0 Å². The third-order valence-electron chi connectivity index (χ3n) is 8.26. The van der Waals surface area contributed by atoms with Gasteiger partial charge in [0.2, 0.25) is 17.7 Å². The summed E-state index contributed by atoms with van der Waals surface area (Å²) in [6, 6.07) is 27.0. The predicted molar refractivity (Wildman–Crippen MR) is 185 cm³/mol. The lowest BCUT2D eigenvalue weighted by atomic mass is 9.83. The SMILES string of the molecule is CCOC(=O)c1ccc(N2C(=O)[C@H]3[C@H](c4cccc(Br)c4)c4sc(=O)n(CC(=O)Nc5cccc6ccccc56)c4S[C@H]3C2=O)cc1. The van der Waals surface area contributed by atoms with Gasteiger partial charge in [-0.3, -0.25) is 23.7 Å². The Hall–Kier alpha value is -4.52. The number of thioether (sulfide) groups is 1. The van der Waals surface area contributed by atoms with Crippen LogP contribution in [-0.2, 0) is 25.7 Å². The van der Waals surface area contributed by atoms with Gasteiger partial charge in [0.05, 0.1) is 28.8 Å². The molecular weight excluding hydrogens is 702 g/mol. The van der Waals surface area contributed by atoms with Crippen molar-refractivity contribution in [2.45, 2.75) is 29.7 Å². The Morgan fingerprint density at radius 1 is 0.915 bits per heavy atom. The van der Waals surface area contributed by atoms with E-state index in [0.29, 0.717) is 26.8 Å². The fourth-order valence-electron chi connectivity index (χ4n) is 6.20. The molecule has 4 aromatic carbocycles. The number of benzene rings is 4. The second kappa shape index (κ2) is 12.6. The summed E-state index contributed by atoms with van der Waals surface area (Å²) in [5, 5.41) is 4.45. The zero-order chi connectivity index (χ0) is 32.8. The molecule has 5 aromatic rings. The number of ether oxygens (including phenoxy) is 1. The molecule has 0 bridgehead atoms. The minimum absolute atomic E-state index is 0.223. The van der Waals surface area contributed by atoms with E-state index in [1.165, 1.54) is 16.7 Å². The molecule has 236 valence electrons. The molecule has 3 atom stereocenters. The summed E-state index contributed by atoms with van der Waals surface area (Å²) in [5.74, 6) is -3.10. The maximum Gasteiger partial charge on any atom is 0.338 e. The molecule has 0 radical (unpaired) electrons. The first-order valence-corrected chi connectivity index (χ1v) is 17.3. The molecule has 2 aliphatic rings. The van der Waals surface area contributed by atoms with E-state index in [-0.39, 0.29) is 23.9 Å². The number of amides is 3. The summed E-state index contributed by atoms with van der Waals surface area (Å²) in [6.45, 7) is 1.68. The quantitative estimate of drug-likeness (QED) is 0.152. The minimum Gasteiger partial charge on any atom is -0.462 e. The zero-order valence-electron chi connectivity index (χ0n) is 24.8. The van der Waals surface area contributed by atoms with Gasteiger partial charge in [-0.25, -0.2) is 9.69 Å². The number of carbonyl (C=O) groups is 4. The molecule has 47 heavy (non-hydrogen) atoms. The van der Waals surface area contributed by atoms with Crippen LogP contribution in [0.25, 0.3) is 10.8 Å². The van der Waals surface area contributed by atoms with Crippen molar-refractivity contribution >= 4 is 84.9 Å². The fraction of sp³-hybridized carbons (Fsp3) is 0.171. The molecule has 1 N–H and O–H groups in total. The fourth-order valence-corrected chi connectivity index (χ4v) is 9.39. The topological polar surface area (TPSA) is 115 Å². The lowest BCUT2D eigenvalue weighted by Gasteiger charge is -2.30. The molecule has 0 aliphatic carbocycles. The van der Waals surface area contributed by atoms with Gasteiger partial charge >= 0.3 is 10.8 Å². The number of nitrogens with zero attached hydrogens (tertiary/aromatic N) is 2. The number of nitrogens with one attached hydrogen (secondary N) is 1. The molecule has 7 rings (SSSR count).